The Morgan fingerprint density at radius 1 is 1.19 bits per heavy atom. The third kappa shape index (κ3) is 2.44. The van der Waals surface area contributed by atoms with E-state index in [4.69, 9.17) is 0 Å². The van der Waals surface area contributed by atoms with E-state index < -0.39 is 17.8 Å². The Balaban J connectivity index is 1.69. The number of carboxylic acids is 1. The molecule has 4 atom stereocenters. The van der Waals surface area contributed by atoms with E-state index in [0.717, 1.165) is 6.42 Å². The van der Waals surface area contributed by atoms with Crippen molar-refractivity contribution in [2.24, 2.45) is 23.7 Å². The number of carbonyl (C=O) groups excluding carboxylic acids is 1. The Morgan fingerprint density at radius 3 is 2.52 bits per heavy atom. The van der Waals surface area contributed by atoms with E-state index in [1.165, 1.54) is 6.07 Å². The monoisotopic (exact) mass is 289 g/mol. The second-order valence-corrected chi connectivity index (χ2v) is 5.65. The average Bonchev–Trinajstić information content (AvgIpc) is 3.06. The number of aliphatic carboxylic acids is 1. The zero-order valence-electron chi connectivity index (χ0n) is 11.3. The van der Waals surface area contributed by atoms with E-state index in [0.29, 0.717) is 5.56 Å². The molecular weight excluding hydrogens is 273 g/mol. The van der Waals surface area contributed by atoms with E-state index in [2.05, 4.69) is 5.32 Å². The van der Waals surface area contributed by atoms with E-state index in [9.17, 15) is 19.1 Å². The lowest BCUT2D eigenvalue weighted by atomic mass is 9.82. The summed E-state index contributed by atoms with van der Waals surface area (Å²) in [6, 6.07) is 6.22. The number of fused-ring (bicyclic) bond motifs is 2. The summed E-state index contributed by atoms with van der Waals surface area (Å²) in [5.74, 6) is -2.90. The molecule has 0 radical (unpaired) electrons. The number of carboxylic acid groups (broad SMARTS) is 1. The van der Waals surface area contributed by atoms with Gasteiger partial charge in [0, 0.05) is 12.1 Å². The molecule has 1 aromatic rings. The third-order valence-electron chi connectivity index (χ3n) is 4.46. The highest BCUT2D eigenvalue weighted by molar-refractivity contribution is 5.86. The first-order chi connectivity index (χ1) is 10.1. The summed E-state index contributed by atoms with van der Waals surface area (Å²) in [7, 11) is 0. The van der Waals surface area contributed by atoms with Gasteiger partial charge in [-0.3, -0.25) is 9.59 Å². The van der Waals surface area contributed by atoms with Crippen LogP contribution < -0.4 is 5.32 Å². The molecule has 5 heteroatoms. The van der Waals surface area contributed by atoms with Crippen molar-refractivity contribution in [1.82, 2.24) is 5.32 Å². The van der Waals surface area contributed by atoms with Crippen molar-refractivity contribution in [2.45, 2.75) is 13.0 Å². The molecule has 4 nitrogen and oxygen atoms in total. The molecule has 110 valence electrons. The van der Waals surface area contributed by atoms with Crippen LogP contribution in [0.25, 0.3) is 0 Å². The summed E-state index contributed by atoms with van der Waals surface area (Å²) in [6.07, 6.45) is 4.54. The van der Waals surface area contributed by atoms with Crippen LogP contribution in [0.3, 0.4) is 0 Å². The van der Waals surface area contributed by atoms with Crippen molar-refractivity contribution in [3.8, 4) is 0 Å². The molecule has 0 saturated heterocycles. The van der Waals surface area contributed by atoms with Gasteiger partial charge in [-0.1, -0.05) is 30.4 Å². The molecule has 2 N–H and O–H groups in total. The third-order valence-corrected chi connectivity index (χ3v) is 4.46. The van der Waals surface area contributed by atoms with Crippen molar-refractivity contribution >= 4 is 11.9 Å². The molecule has 2 bridgehead atoms. The minimum Gasteiger partial charge on any atom is -0.481 e. The first-order valence-electron chi connectivity index (χ1n) is 7.00. The summed E-state index contributed by atoms with van der Waals surface area (Å²) in [6.45, 7) is 0.0788. The van der Waals surface area contributed by atoms with E-state index in [1.807, 2.05) is 12.2 Å². The summed E-state index contributed by atoms with van der Waals surface area (Å²) < 4.78 is 13.5. The molecule has 0 heterocycles. The van der Waals surface area contributed by atoms with Crippen molar-refractivity contribution in [2.75, 3.05) is 0 Å². The van der Waals surface area contributed by atoms with Crippen LogP contribution in [-0.4, -0.2) is 17.0 Å². The number of carbonyl (C=O) groups is 2. The van der Waals surface area contributed by atoms with Crippen LogP contribution in [0.1, 0.15) is 12.0 Å². The smallest absolute Gasteiger partial charge is 0.307 e. The van der Waals surface area contributed by atoms with Gasteiger partial charge in [-0.25, -0.2) is 4.39 Å². The lowest BCUT2D eigenvalue weighted by molar-refractivity contribution is -0.147. The molecule has 2 aliphatic carbocycles. The maximum absolute atomic E-state index is 13.5. The minimum atomic E-state index is -0.933. The fraction of sp³-hybridized carbons (Fsp3) is 0.375. The molecule has 0 aromatic heterocycles. The number of halogens is 1. The molecule has 0 unspecified atom stereocenters. The molecule has 2 aliphatic rings. The molecule has 21 heavy (non-hydrogen) atoms. The number of rotatable bonds is 4. The van der Waals surface area contributed by atoms with Gasteiger partial charge in [0.15, 0.2) is 0 Å². The van der Waals surface area contributed by atoms with Crippen LogP contribution in [0.15, 0.2) is 36.4 Å². The first-order valence-corrected chi connectivity index (χ1v) is 7.00. The second-order valence-electron chi connectivity index (χ2n) is 5.65. The van der Waals surface area contributed by atoms with Gasteiger partial charge in [0.05, 0.1) is 11.8 Å². The first kappa shape index (κ1) is 13.8. The van der Waals surface area contributed by atoms with Gasteiger partial charge >= 0.3 is 5.97 Å². The van der Waals surface area contributed by atoms with Crippen LogP contribution >= 0.6 is 0 Å². The van der Waals surface area contributed by atoms with Crippen molar-refractivity contribution in [3.63, 3.8) is 0 Å². The van der Waals surface area contributed by atoms with Gasteiger partial charge in [0.1, 0.15) is 5.82 Å². The Kier molecular flexibility index (Phi) is 3.49. The fourth-order valence-electron chi connectivity index (χ4n) is 3.46. The lowest BCUT2D eigenvalue weighted by Gasteiger charge is -2.23. The van der Waals surface area contributed by atoms with E-state index >= 15 is 0 Å². The highest BCUT2D eigenvalue weighted by Crippen LogP contribution is 2.48. The lowest BCUT2D eigenvalue weighted by Crippen LogP contribution is -2.40. The van der Waals surface area contributed by atoms with Crippen molar-refractivity contribution in [1.29, 1.82) is 0 Å². The molecule has 1 fully saturated rings. The molecule has 3 rings (SSSR count). The Labute approximate surface area is 121 Å². The second kappa shape index (κ2) is 5.31. The Bertz CT molecular complexity index is 613. The fourth-order valence-corrected chi connectivity index (χ4v) is 3.46. The normalized spacial score (nSPS) is 29.6. The topological polar surface area (TPSA) is 66.4 Å². The molecule has 1 aromatic carbocycles. The number of nitrogens with one attached hydrogen (secondary N) is 1. The SMILES string of the molecule is O=C(O)[C@@H]1[C@@H](C(=O)NCc2ccccc2F)[C@H]2C=C[C@@H]1C2. The molecule has 1 amide bonds. The van der Waals surface area contributed by atoms with Gasteiger partial charge < -0.3 is 10.4 Å². The number of allylic oxidation sites excluding steroid dienone is 2. The Morgan fingerprint density at radius 2 is 1.86 bits per heavy atom. The zero-order valence-corrected chi connectivity index (χ0v) is 11.3. The van der Waals surface area contributed by atoms with Crippen LogP contribution in [0.5, 0.6) is 0 Å². The number of hydrogen-bond donors (Lipinski definition) is 2. The minimum absolute atomic E-state index is 0.0169. The van der Waals surface area contributed by atoms with Crippen LogP contribution in [0.4, 0.5) is 4.39 Å². The predicted molar refractivity (Wildman–Crippen MR) is 73.6 cm³/mol. The van der Waals surface area contributed by atoms with Gasteiger partial charge in [-0.15, -0.1) is 0 Å². The standard InChI is InChI=1S/C16H16FNO3/c17-12-4-2-1-3-11(12)8-18-15(19)13-9-5-6-10(7-9)14(13)16(20)21/h1-6,9-10,13-14H,7-8H2,(H,18,19)(H,20,21)/t9-,10+,13-,14-/m0/s1. The molecular formula is C16H16FNO3. The highest BCUT2D eigenvalue weighted by atomic mass is 19.1. The molecule has 0 spiro atoms. The number of hydrogen-bond acceptors (Lipinski definition) is 2. The quantitative estimate of drug-likeness (QED) is 0.833. The summed E-state index contributed by atoms with van der Waals surface area (Å²) in [5.41, 5.74) is 0.399. The van der Waals surface area contributed by atoms with E-state index in [-0.39, 0.29) is 30.1 Å². The van der Waals surface area contributed by atoms with Crippen molar-refractivity contribution < 1.29 is 19.1 Å². The summed E-state index contributed by atoms with van der Waals surface area (Å²) in [4.78, 5) is 23.7. The highest BCUT2D eigenvalue weighted by Gasteiger charge is 2.51. The van der Waals surface area contributed by atoms with Crippen molar-refractivity contribution in [3.05, 3.63) is 47.8 Å². The van der Waals surface area contributed by atoms with Gasteiger partial charge in [-0.05, 0) is 24.3 Å². The van der Waals surface area contributed by atoms with Gasteiger partial charge in [0.2, 0.25) is 5.91 Å². The maximum Gasteiger partial charge on any atom is 0.307 e. The number of benzene rings is 1. The summed E-state index contributed by atoms with van der Waals surface area (Å²) >= 11 is 0. The predicted octanol–water partition coefficient (Wildman–Crippen LogP) is 1.96. The number of amides is 1. The summed E-state index contributed by atoms with van der Waals surface area (Å²) in [5, 5.41) is 12.0. The zero-order chi connectivity index (χ0) is 15.0. The van der Waals surface area contributed by atoms with Gasteiger partial charge in [-0.2, -0.15) is 0 Å². The maximum atomic E-state index is 13.5. The molecule has 1 saturated carbocycles. The van der Waals surface area contributed by atoms with Crippen LogP contribution in [0, 0.1) is 29.5 Å². The average molecular weight is 289 g/mol. The van der Waals surface area contributed by atoms with Crippen LogP contribution in [0.2, 0.25) is 0 Å². The Hall–Kier alpha value is -2.17. The van der Waals surface area contributed by atoms with Gasteiger partial charge in [0.25, 0.3) is 0 Å². The largest absolute Gasteiger partial charge is 0.481 e. The van der Waals surface area contributed by atoms with Crippen LogP contribution in [-0.2, 0) is 16.1 Å². The van der Waals surface area contributed by atoms with E-state index in [1.54, 1.807) is 18.2 Å². The molecule has 0 aliphatic heterocycles.